The molecular weight excluding hydrogens is 524 g/mol. The molecule has 0 heterocycles. The normalized spacial score (nSPS) is 28.6. The molecule has 0 N–H and O–H groups in total. The topological polar surface area (TPSA) is 46.2 Å². The maximum Gasteiger partial charge on any atom is 0.144 e. The Kier molecular flexibility index (Phi) is 10.6. The standard InChI is InChI=1S/C37H46O5/c1-38-32-23-22-27(20-21-28-25-34(39-2)36(41-4)35(26-28)40-3)24-33(32)42-37(29-14-8-5-9-15-29,30-16-10-6-11-17-30)31-18-12-7-13-19-31/h5-21,27-28,32-36H,22-26H2,1-4H3/b21-20-. The summed E-state index contributed by atoms with van der Waals surface area (Å²) in [5, 5.41) is 0. The molecule has 0 amide bonds. The largest absolute Gasteiger partial charge is 0.379 e. The maximum absolute atomic E-state index is 7.44. The molecule has 5 rings (SSSR count). The highest BCUT2D eigenvalue weighted by molar-refractivity contribution is 5.47. The SMILES string of the molecule is COC1CCC(/C=C\C2CC(OC)C(OC)C(OC)C2)CC1OC(c1ccccc1)(c1ccccc1)c1ccccc1. The Morgan fingerprint density at radius 3 is 1.36 bits per heavy atom. The van der Waals surface area contributed by atoms with Gasteiger partial charge in [-0.15, -0.1) is 0 Å². The molecule has 3 aromatic carbocycles. The van der Waals surface area contributed by atoms with Crippen LogP contribution in [0, 0.1) is 11.8 Å². The summed E-state index contributed by atoms with van der Waals surface area (Å²) >= 11 is 0. The van der Waals surface area contributed by atoms with Crippen LogP contribution in [0.3, 0.4) is 0 Å². The van der Waals surface area contributed by atoms with Gasteiger partial charge in [0.25, 0.3) is 0 Å². The van der Waals surface area contributed by atoms with E-state index in [2.05, 4.69) is 103 Å². The van der Waals surface area contributed by atoms with Crippen LogP contribution in [0.4, 0.5) is 0 Å². The van der Waals surface area contributed by atoms with Crippen LogP contribution in [-0.4, -0.2) is 59.0 Å². The highest BCUT2D eigenvalue weighted by atomic mass is 16.6. The molecule has 42 heavy (non-hydrogen) atoms. The third-order valence-electron chi connectivity index (χ3n) is 9.28. The second kappa shape index (κ2) is 14.6. The quantitative estimate of drug-likeness (QED) is 0.180. The average molecular weight is 571 g/mol. The van der Waals surface area contributed by atoms with Gasteiger partial charge in [-0.3, -0.25) is 0 Å². The highest BCUT2D eigenvalue weighted by Gasteiger charge is 2.43. The lowest BCUT2D eigenvalue weighted by atomic mass is 9.78. The molecule has 5 heteroatoms. The Balaban J connectivity index is 1.44. The Morgan fingerprint density at radius 2 is 0.929 bits per heavy atom. The van der Waals surface area contributed by atoms with Gasteiger partial charge in [-0.25, -0.2) is 0 Å². The van der Waals surface area contributed by atoms with E-state index in [0.29, 0.717) is 11.8 Å². The first-order valence-electron chi connectivity index (χ1n) is 15.3. The van der Waals surface area contributed by atoms with Crippen molar-refractivity contribution in [1.29, 1.82) is 0 Å². The number of allylic oxidation sites excluding steroid dienone is 2. The fraction of sp³-hybridized carbons (Fsp3) is 0.459. The summed E-state index contributed by atoms with van der Waals surface area (Å²) in [6.45, 7) is 0. The van der Waals surface area contributed by atoms with Crippen molar-refractivity contribution in [2.45, 2.75) is 68.2 Å². The van der Waals surface area contributed by atoms with Gasteiger partial charge >= 0.3 is 0 Å². The molecule has 2 saturated carbocycles. The van der Waals surface area contributed by atoms with Gasteiger partial charge in [-0.05, 0) is 60.6 Å². The number of benzene rings is 3. The van der Waals surface area contributed by atoms with E-state index in [0.717, 1.165) is 48.8 Å². The van der Waals surface area contributed by atoms with Gasteiger partial charge in [0.1, 0.15) is 11.7 Å². The Labute approximate surface area is 251 Å². The summed E-state index contributed by atoms with van der Waals surface area (Å²) in [6.07, 6.45) is 9.47. The van der Waals surface area contributed by atoms with Crippen molar-refractivity contribution in [2.24, 2.45) is 11.8 Å². The van der Waals surface area contributed by atoms with E-state index in [1.807, 2.05) is 7.11 Å². The highest BCUT2D eigenvalue weighted by Crippen LogP contribution is 2.44. The monoisotopic (exact) mass is 570 g/mol. The summed E-state index contributed by atoms with van der Waals surface area (Å²) in [7, 11) is 7.09. The smallest absolute Gasteiger partial charge is 0.144 e. The van der Waals surface area contributed by atoms with Crippen molar-refractivity contribution in [2.75, 3.05) is 28.4 Å². The summed E-state index contributed by atoms with van der Waals surface area (Å²) < 4.78 is 30.9. The molecule has 224 valence electrons. The van der Waals surface area contributed by atoms with Crippen LogP contribution >= 0.6 is 0 Å². The van der Waals surface area contributed by atoms with E-state index >= 15 is 0 Å². The predicted octanol–water partition coefficient (Wildman–Crippen LogP) is 7.19. The van der Waals surface area contributed by atoms with Crippen molar-refractivity contribution < 1.29 is 23.7 Å². The summed E-state index contributed by atoms with van der Waals surface area (Å²) in [5.74, 6) is 0.770. The van der Waals surface area contributed by atoms with E-state index in [9.17, 15) is 0 Å². The molecule has 0 aromatic heterocycles. The van der Waals surface area contributed by atoms with Gasteiger partial charge in [-0.2, -0.15) is 0 Å². The molecule has 0 spiro atoms. The molecule has 5 atom stereocenters. The summed E-state index contributed by atoms with van der Waals surface area (Å²) in [5.41, 5.74) is 2.57. The molecule has 0 aliphatic heterocycles. The van der Waals surface area contributed by atoms with Gasteiger partial charge in [0, 0.05) is 28.4 Å². The lowest BCUT2D eigenvalue weighted by Gasteiger charge is -2.43. The molecule has 2 aliphatic carbocycles. The fourth-order valence-electron chi connectivity index (χ4n) is 7.09. The zero-order valence-electron chi connectivity index (χ0n) is 25.4. The molecule has 3 aromatic rings. The average Bonchev–Trinajstić information content (AvgIpc) is 3.06. The van der Waals surface area contributed by atoms with Gasteiger partial charge < -0.3 is 23.7 Å². The minimum Gasteiger partial charge on any atom is -0.379 e. The number of methoxy groups -OCH3 is 4. The van der Waals surface area contributed by atoms with Crippen molar-refractivity contribution in [3.63, 3.8) is 0 Å². The van der Waals surface area contributed by atoms with Crippen LogP contribution in [0.25, 0.3) is 0 Å². The zero-order valence-corrected chi connectivity index (χ0v) is 25.4. The molecule has 5 nitrogen and oxygen atoms in total. The van der Waals surface area contributed by atoms with Crippen LogP contribution in [0.5, 0.6) is 0 Å². The van der Waals surface area contributed by atoms with Crippen molar-refractivity contribution >= 4 is 0 Å². The van der Waals surface area contributed by atoms with E-state index in [1.54, 1.807) is 21.3 Å². The van der Waals surface area contributed by atoms with Crippen molar-refractivity contribution in [3.05, 3.63) is 120 Å². The van der Waals surface area contributed by atoms with Gasteiger partial charge in [0.15, 0.2) is 0 Å². The van der Waals surface area contributed by atoms with E-state index < -0.39 is 5.60 Å². The van der Waals surface area contributed by atoms with Crippen molar-refractivity contribution in [1.82, 2.24) is 0 Å². The zero-order chi connectivity index (χ0) is 29.4. The number of hydrogen-bond donors (Lipinski definition) is 0. The maximum atomic E-state index is 7.44. The van der Waals surface area contributed by atoms with Crippen molar-refractivity contribution in [3.8, 4) is 0 Å². The molecule has 5 unspecified atom stereocenters. The minimum atomic E-state index is -0.771. The molecule has 2 aliphatic rings. The van der Waals surface area contributed by atoms with Crippen LogP contribution in [-0.2, 0) is 29.3 Å². The first-order valence-corrected chi connectivity index (χ1v) is 15.3. The predicted molar refractivity (Wildman–Crippen MR) is 166 cm³/mol. The van der Waals surface area contributed by atoms with E-state index in [4.69, 9.17) is 23.7 Å². The third-order valence-corrected chi connectivity index (χ3v) is 9.28. The number of hydrogen-bond acceptors (Lipinski definition) is 5. The molecular formula is C37H46O5. The molecule has 0 saturated heterocycles. The van der Waals surface area contributed by atoms with Crippen LogP contribution in [0.2, 0.25) is 0 Å². The van der Waals surface area contributed by atoms with Gasteiger partial charge in [0.05, 0.1) is 24.4 Å². The summed E-state index contributed by atoms with van der Waals surface area (Å²) in [4.78, 5) is 0. The lowest BCUT2D eigenvalue weighted by Crippen LogP contribution is -2.47. The Morgan fingerprint density at radius 1 is 0.500 bits per heavy atom. The minimum absolute atomic E-state index is 0.0121. The Hall–Kier alpha value is -2.80. The van der Waals surface area contributed by atoms with Gasteiger partial charge in [-0.1, -0.05) is 103 Å². The fourth-order valence-corrected chi connectivity index (χ4v) is 7.09. The molecule has 0 bridgehead atoms. The summed E-state index contributed by atoms with van der Waals surface area (Å²) in [6, 6.07) is 31.8. The van der Waals surface area contributed by atoms with Crippen LogP contribution < -0.4 is 0 Å². The van der Waals surface area contributed by atoms with E-state index in [1.165, 1.54) is 0 Å². The number of rotatable bonds is 11. The number of ether oxygens (including phenoxy) is 5. The van der Waals surface area contributed by atoms with Gasteiger partial charge in [0.2, 0.25) is 0 Å². The first kappa shape index (κ1) is 30.7. The van der Waals surface area contributed by atoms with E-state index in [-0.39, 0.29) is 30.5 Å². The second-order valence-electron chi connectivity index (χ2n) is 11.6. The van der Waals surface area contributed by atoms with Crippen LogP contribution in [0.1, 0.15) is 48.8 Å². The molecule has 0 radical (unpaired) electrons. The first-order chi connectivity index (χ1) is 20.6. The Bertz CT molecular complexity index is 1120. The second-order valence-corrected chi connectivity index (χ2v) is 11.6. The third kappa shape index (κ3) is 6.56. The molecule has 2 fully saturated rings. The van der Waals surface area contributed by atoms with Crippen LogP contribution in [0.15, 0.2) is 103 Å². The lowest BCUT2D eigenvalue weighted by molar-refractivity contribution is -0.136.